The molecular formula is C27H25FN2O3. The van der Waals surface area contributed by atoms with Crippen LogP contribution < -0.4 is 15.0 Å². The van der Waals surface area contributed by atoms with Crippen molar-refractivity contribution in [2.75, 3.05) is 10.2 Å². The van der Waals surface area contributed by atoms with Crippen molar-refractivity contribution in [3.05, 3.63) is 94.9 Å². The number of carbonyl (C=O) groups is 2. The molecule has 6 heteroatoms. The van der Waals surface area contributed by atoms with E-state index in [2.05, 4.69) is 5.32 Å². The fourth-order valence-corrected chi connectivity index (χ4v) is 3.80. The second kappa shape index (κ2) is 8.90. The highest BCUT2D eigenvalue weighted by atomic mass is 19.1. The first-order valence-electron chi connectivity index (χ1n) is 10.7. The van der Waals surface area contributed by atoms with Crippen molar-refractivity contribution in [3.63, 3.8) is 0 Å². The zero-order valence-electron chi connectivity index (χ0n) is 19.0. The summed E-state index contributed by atoms with van der Waals surface area (Å²) in [5.41, 5.74) is 4.09. The van der Waals surface area contributed by atoms with Crippen LogP contribution in [0, 0.1) is 19.7 Å². The standard InChI is InChI=1S/C27H25FN2O3/c1-16(2)33-22-12-6-19(7-13-22)24-25(29-23-14-5-17(3)15-18(23)4)27(32)30(26(24)31)21-10-8-20(28)9-11-21/h5-16,29H,1-4H3. The van der Waals surface area contributed by atoms with Crippen molar-refractivity contribution in [1.29, 1.82) is 0 Å². The van der Waals surface area contributed by atoms with E-state index < -0.39 is 17.6 Å². The summed E-state index contributed by atoms with van der Waals surface area (Å²) >= 11 is 0. The maximum absolute atomic E-state index is 13.5. The molecule has 168 valence electrons. The van der Waals surface area contributed by atoms with Gasteiger partial charge in [-0.2, -0.15) is 0 Å². The third kappa shape index (κ3) is 4.51. The Balaban J connectivity index is 1.79. The number of nitrogens with one attached hydrogen (secondary N) is 1. The maximum atomic E-state index is 13.5. The van der Waals surface area contributed by atoms with E-state index in [0.29, 0.717) is 17.0 Å². The van der Waals surface area contributed by atoms with Crippen molar-refractivity contribution < 1.29 is 18.7 Å². The second-order valence-corrected chi connectivity index (χ2v) is 8.31. The van der Waals surface area contributed by atoms with Crippen molar-refractivity contribution in [2.24, 2.45) is 0 Å². The fourth-order valence-electron chi connectivity index (χ4n) is 3.80. The van der Waals surface area contributed by atoms with Crippen molar-refractivity contribution in [2.45, 2.75) is 33.8 Å². The van der Waals surface area contributed by atoms with Crippen LogP contribution >= 0.6 is 0 Å². The summed E-state index contributed by atoms with van der Waals surface area (Å²) < 4.78 is 19.2. The van der Waals surface area contributed by atoms with E-state index in [0.717, 1.165) is 21.7 Å². The van der Waals surface area contributed by atoms with Crippen LogP contribution in [0.15, 0.2) is 72.4 Å². The molecule has 3 aromatic rings. The van der Waals surface area contributed by atoms with E-state index in [4.69, 9.17) is 4.74 Å². The highest BCUT2D eigenvalue weighted by Crippen LogP contribution is 2.35. The predicted octanol–water partition coefficient (Wildman–Crippen LogP) is 5.63. The van der Waals surface area contributed by atoms with E-state index in [9.17, 15) is 14.0 Å². The topological polar surface area (TPSA) is 58.6 Å². The summed E-state index contributed by atoms with van der Waals surface area (Å²) in [5, 5.41) is 3.19. The summed E-state index contributed by atoms with van der Waals surface area (Å²) in [6, 6.07) is 18.2. The number of amides is 2. The zero-order valence-corrected chi connectivity index (χ0v) is 19.0. The molecule has 3 aromatic carbocycles. The van der Waals surface area contributed by atoms with Gasteiger partial charge in [-0.1, -0.05) is 29.8 Å². The molecule has 0 unspecified atom stereocenters. The Labute approximate surface area is 192 Å². The Hall–Kier alpha value is -3.93. The summed E-state index contributed by atoms with van der Waals surface area (Å²) in [4.78, 5) is 28.0. The maximum Gasteiger partial charge on any atom is 0.282 e. The van der Waals surface area contributed by atoms with E-state index in [1.54, 1.807) is 24.3 Å². The van der Waals surface area contributed by atoms with Gasteiger partial charge < -0.3 is 10.1 Å². The van der Waals surface area contributed by atoms with E-state index in [1.165, 1.54) is 24.3 Å². The van der Waals surface area contributed by atoms with E-state index in [1.807, 2.05) is 45.9 Å². The SMILES string of the molecule is Cc1ccc(NC2=C(c3ccc(OC(C)C)cc3)C(=O)N(c3ccc(F)cc3)C2=O)c(C)c1. The van der Waals surface area contributed by atoms with E-state index >= 15 is 0 Å². The molecule has 0 spiro atoms. The van der Waals surface area contributed by atoms with Gasteiger partial charge in [0.25, 0.3) is 11.8 Å². The number of imide groups is 1. The Morgan fingerprint density at radius 1 is 0.879 bits per heavy atom. The Morgan fingerprint density at radius 2 is 1.55 bits per heavy atom. The summed E-state index contributed by atoms with van der Waals surface area (Å²) in [6.45, 7) is 7.79. The molecule has 1 N–H and O–H groups in total. The van der Waals surface area contributed by atoms with Crippen LogP contribution in [0.3, 0.4) is 0 Å². The summed E-state index contributed by atoms with van der Waals surface area (Å²) in [6.07, 6.45) is 0.0143. The lowest BCUT2D eigenvalue weighted by Crippen LogP contribution is -2.32. The van der Waals surface area contributed by atoms with Gasteiger partial charge in [0.2, 0.25) is 0 Å². The first-order chi connectivity index (χ1) is 15.7. The lowest BCUT2D eigenvalue weighted by molar-refractivity contribution is -0.120. The smallest absolute Gasteiger partial charge is 0.282 e. The van der Waals surface area contributed by atoms with Crippen LogP contribution in [0.5, 0.6) is 5.75 Å². The fraction of sp³-hybridized carbons (Fsp3) is 0.185. The van der Waals surface area contributed by atoms with Crippen LogP contribution in [-0.4, -0.2) is 17.9 Å². The Morgan fingerprint density at radius 3 is 2.15 bits per heavy atom. The normalized spacial score (nSPS) is 13.8. The molecular weight excluding hydrogens is 419 g/mol. The van der Waals surface area contributed by atoms with Crippen LogP contribution in [0.1, 0.15) is 30.5 Å². The van der Waals surface area contributed by atoms with Gasteiger partial charge in [-0.25, -0.2) is 9.29 Å². The molecule has 4 rings (SSSR count). The first kappa shape index (κ1) is 22.3. The molecule has 0 saturated heterocycles. The largest absolute Gasteiger partial charge is 0.491 e. The van der Waals surface area contributed by atoms with Crippen LogP contribution in [0.4, 0.5) is 15.8 Å². The molecule has 0 radical (unpaired) electrons. The van der Waals surface area contributed by atoms with Gasteiger partial charge in [0, 0.05) is 5.69 Å². The number of anilines is 2. The van der Waals surface area contributed by atoms with E-state index in [-0.39, 0.29) is 17.4 Å². The first-order valence-corrected chi connectivity index (χ1v) is 10.7. The number of hydrogen-bond donors (Lipinski definition) is 1. The molecule has 1 heterocycles. The molecule has 33 heavy (non-hydrogen) atoms. The highest BCUT2D eigenvalue weighted by molar-refractivity contribution is 6.46. The lowest BCUT2D eigenvalue weighted by atomic mass is 10.0. The lowest BCUT2D eigenvalue weighted by Gasteiger charge is -2.16. The molecule has 0 atom stereocenters. The van der Waals surface area contributed by atoms with Crippen molar-refractivity contribution >= 4 is 28.8 Å². The number of aryl methyl sites for hydroxylation is 2. The average Bonchev–Trinajstić information content (AvgIpc) is 3.00. The van der Waals surface area contributed by atoms with Gasteiger partial charge in [-0.05, 0) is 81.3 Å². The minimum Gasteiger partial charge on any atom is -0.491 e. The minimum atomic E-state index is -0.496. The highest BCUT2D eigenvalue weighted by Gasteiger charge is 2.40. The number of hydrogen-bond acceptors (Lipinski definition) is 4. The summed E-state index contributed by atoms with van der Waals surface area (Å²) in [7, 11) is 0. The number of ether oxygens (including phenoxy) is 1. The molecule has 0 saturated carbocycles. The van der Waals surface area contributed by atoms with Gasteiger partial charge in [-0.3, -0.25) is 9.59 Å². The predicted molar refractivity (Wildman–Crippen MR) is 128 cm³/mol. The average molecular weight is 445 g/mol. The van der Waals surface area contributed by atoms with Crippen molar-refractivity contribution in [1.82, 2.24) is 0 Å². The summed E-state index contributed by atoms with van der Waals surface area (Å²) in [5.74, 6) is -0.744. The van der Waals surface area contributed by atoms with Gasteiger partial charge >= 0.3 is 0 Å². The monoisotopic (exact) mass is 444 g/mol. The van der Waals surface area contributed by atoms with Crippen LogP contribution in [0.25, 0.3) is 5.57 Å². The molecule has 0 fully saturated rings. The van der Waals surface area contributed by atoms with Gasteiger partial charge in [0.1, 0.15) is 17.3 Å². The molecule has 0 aromatic heterocycles. The van der Waals surface area contributed by atoms with Gasteiger partial charge in [-0.15, -0.1) is 0 Å². The molecule has 0 aliphatic carbocycles. The number of halogens is 1. The van der Waals surface area contributed by atoms with Gasteiger partial charge in [0.05, 0.1) is 17.4 Å². The third-order valence-corrected chi connectivity index (χ3v) is 5.33. The molecule has 2 amide bonds. The van der Waals surface area contributed by atoms with Gasteiger partial charge in [0.15, 0.2) is 0 Å². The minimum absolute atomic E-state index is 0.0143. The second-order valence-electron chi connectivity index (χ2n) is 8.31. The molecule has 1 aliphatic rings. The molecule has 0 bridgehead atoms. The number of nitrogens with zero attached hydrogens (tertiary/aromatic N) is 1. The van der Waals surface area contributed by atoms with Crippen LogP contribution in [-0.2, 0) is 9.59 Å². The zero-order chi connectivity index (χ0) is 23.7. The third-order valence-electron chi connectivity index (χ3n) is 5.33. The quantitative estimate of drug-likeness (QED) is 0.501. The van der Waals surface area contributed by atoms with Crippen LogP contribution in [0.2, 0.25) is 0 Å². The molecule has 5 nitrogen and oxygen atoms in total. The number of benzene rings is 3. The molecule has 1 aliphatic heterocycles. The van der Waals surface area contributed by atoms with Crippen molar-refractivity contribution in [3.8, 4) is 5.75 Å². The Kier molecular flexibility index (Phi) is 6.01. The number of rotatable bonds is 6. The Bertz CT molecular complexity index is 1250. The number of carbonyl (C=O) groups excluding carboxylic acids is 2.